The lowest BCUT2D eigenvalue weighted by Crippen LogP contribution is -2.07. The molecule has 5 nitrogen and oxygen atoms in total. The van der Waals surface area contributed by atoms with Crippen molar-refractivity contribution in [3.63, 3.8) is 0 Å². The predicted molar refractivity (Wildman–Crippen MR) is 54.9 cm³/mol. The minimum Gasteiger partial charge on any atom is -0.378 e. The highest BCUT2D eigenvalue weighted by atomic mass is 32.3. The van der Waals surface area contributed by atoms with Crippen LogP contribution in [0, 0.1) is 0 Å². The van der Waals surface area contributed by atoms with E-state index in [1.54, 1.807) is 0 Å². The van der Waals surface area contributed by atoms with E-state index in [4.69, 9.17) is 17.5 Å². The lowest BCUT2D eigenvalue weighted by atomic mass is 10.3. The number of nitrogens with zero attached hydrogens (tertiary/aromatic N) is 1. The summed E-state index contributed by atoms with van der Waals surface area (Å²) in [4.78, 5) is 2.08. The Kier molecular flexibility index (Phi) is 5.14. The first-order chi connectivity index (χ1) is 6.30. The lowest BCUT2D eigenvalue weighted by molar-refractivity contribution is 0.381. The zero-order chi connectivity index (χ0) is 11.2. The van der Waals surface area contributed by atoms with Gasteiger partial charge in [-0.3, -0.25) is 9.11 Å². The van der Waals surface area contributed by atoms with Gasteiger partial charge < -0.3 is 4.90 Å². The number of anilines is 1. The zero-order valence-corrected chi connectivity index (χ0v) is 8.77. The molecule has 0 bridgehead atoms. The second-order valence-corrected chi connectivity index (χ2v) is 3.57. The molecule has 0 aromatic heterocycles. The first-order valence-electron chi connectivity index (χ1n) is 3.73. The molecule has 6 heteroatoms. The molecule has 0 saturated carbocycles. The Morgan fingerprint density at radius 2 is 1.43 bits per heavy atom. The van der Waals surface area contributed by atoms with Crippen LogP contribution in [0.5, 0.6) is 0 Å². The highest BCUT2D eigenvalue weighted by molar-refractivity contribution is 7.79. The minimum absolute atomic E-state index is 1.25. The van der Waals surface area contributed by atoms with Crippen molar-refractivity contribution in [1.82, 2.24) is 0 Å². The molecule has 0 atom stereocenters. The molecule has 0 amide bonds. The van der Waals surface area contributed by atoms with Crippen LogP contribution in [0.3, 0.4) is 0 Å². The summed E-state index contributed by atoms with van der Waals surface area (Å²) in [5.41, 5.74) is 1.25. The van der Waals surface area contributed by atoms with E-state index >= 15 is 0 Å². The average molecular weight is 219 g/mol. The fourth-order valence-electron chi connectivity index (χ4n) is 0.726. The third kappa shape index (κ3) is 8.98. The lowest BCUT2D eigenvalue weighted by Gasteiger charge is -2.10. The number of hydrogen-bond donors (Lipinski definition) is 2. The second-order valence-electron chi connectivity index (χ2n) is 2.68. The van der Waals surface area contributed by atoms with Crippen molar-refractivity contribution in [1.29, 1.82) is 0 Å². The summed E-state index contributed by atoms with van der Waals surface area (Å²) in [6.45, 7) is 0. The van der Waals surface area contributed by atoms with Crippen LogP contribution in [0.4, 0.5) is 5.69 Å². The third-order valence-electron chi connectivity index (χ3n) is 1.27. The molecule has 1 aromatic carbocycles. The highest BCUT2D eigenvalue weighted by Gasteiger charge is 1.87. The van der Waals surface area contributed by atoms with Crippen molar-refractivity contribution < 1.29 is 17.5 Å². The van der Waals surface area contributed by atoms with Crippen molar-refractivity contribution >= 4 is 16.1 Å². The van der Waals surface area contributed by atoms with E-state index in [-0.39, 0.29) is 0 Å². The first-order valence-corrected chi connectivity index (χ1v) is 5.12. The molecule has 0 saturated heterocycles. The van der Waals surface area contributed by atoms with Crippen molar-refractivity contribution in [2.75, 3.05) is 19.0 Å². The average Bonchev–Trinajstić information content (AvgIpc) is 2.03. The Balaban J connectivity index is 0.000000292. The van der Waals surface area contributed by atoms with Crippen LogP contribution in [-0.4, -0.2) is 31.6 Å². The normalized spacial score (nSPS) is 10.0. The molecule has 0 aliphatic heterocycles. The van der Waals surface area contributed by atoms with Crippen LogP contribution < -0.4 is 4.90 Å². The molecular weight excluding hydrogens is 206 g/mol. The summed E-state index contributed by atoms with van der Waals surface area (Å²) in [7, 11) is -0.593. The topological polar surface area (TPSA) is 77.8 Å². The molecule has 2 N–H and O–H groups in total. The van der Waals surface area contributed by atoms with Gasteiger partial charge in [0.05, 0.1) is 0 Å². The summed E-state index contributed by atoms with van der Waals surface area (Å²) in [5.74, 6) is 0. The molecule has 0 heterocycles. The van der Waals surface area contributed by atoms with E-state index < -0.39 is 10.4 Å². The van der Waals surface area contributed by atoms with Gasteiger partial charge in [0.1, 0.15) is 0 Å². The standard InChI is InChI=1S/C8H11N.H2O4S/c1-9(2)8-6-4-3-5-7-8;1-5(2,3)4/h3-7H,1-2H3;(H2,1,2,3,4). The monoisotopic (exact) mass is 219 g/mol. The van der Waals surface area contributed by atoms with Crippen molar-refractivity contribution in [3.8, 4) is 0 Å². The minimum atomic E-state index is -4.67. The van der Waals surface area contributed by atoms with Gasteiger partial charge in [-0.15, -0.1) is 0 Å². The number of hydrogen-bond acceptors (Lipinski definition) is 3. The summed E-state index contributed by atoms with van der Waals surface area (Å²) in [6, 6.07) is 10.3. The van der Waals surface area contributed by atoms with E-state index in [0.29, 0.717) is 0 Å². The number of para-hydroxylation sites is 1. The molecule has 0 fully saturated rings. The van der Waals surface area contributed by atoms with Crippen molar-refractivity contribution in [2.45, 2.75) is 0 Å². The molecule has 1 aromatic rings. The summed E-state index contributed by atoms with van der Waals surface area (Å²) < 4.78 is 31.6. The van der Waals surface area contributed by atoms with Crippen LogP contribution in [-0.2, 0) is 10.4 Å². The van der Waals surface area contributed by atoms with Crippen LogP contribution in [0.1, 0.15) is 0 Å². The van der Waals surface area contributed by atoms with E-state index in [1.165, 1.54) is 5.69 Å². The zero-order valence-electron chi connectivity index (χ0n) is 7.95. The maximum atomic E-state index is 8.74. The summed E-state index contributed by atoms with van der Waals surface area (Å²) >= 11 is 0. The molecule has 0 radical (unpaired) electrons. The third-order valence-corrected chi connectivity index (χ3v) is 1.27. The number of benzene rings is 1. The first kappa shape index (κ1) is 12.9. The maximum absolute atomic E-state index is 8.74. The van der Waals surface area contributed by atoms with Crippen LogP contribution in [0.2, 0.25) is 0 Å². The van der Waals surface area contributed by atoms with E-state index in [1.807, 2.05) is 32.3 Å². The van der Waals surface area contributed by atoms with Gasteiger partial charge in [0.2, 0.25) is 0 Å². The predicted octanol–water partition coefficient (Wildman–Crippen LogP) is 1.10. The Morgan fingerprint density at radius 1 is 1.07 bits per heavy atom. The molecule has 0 aliphatic rings. The van der Waals surface area contributed by atoms with Gasteiger partial charge in [0.25, 0.3) is 0 Å². The van der Waals surface area contributed by atoms with Gasteiger partial charge in [-0.2, -0.15) is 8.42 Å². The fourth-order valence-corrected chi connectivity index (χ4v) is 0.726. The Labute approximate surface area is 83.6 Å². The Hall–Kier alpha value is -1.11. The van der Waals surface area contributed by atoms with E-state index in [0.717, 1.165) is 0 Å². The smallest absolute Gasteiger partial charge is 0.378 e. The fraction of sp³-hybridized carbons (Fsp3) is 0.250. The second kappa shape index (κ2) is 5.58. The van der Waals surface area contributed by atoms with E-state index in [2.05, 4.69) is 17.0 Å². The quantitative estimate of drug-likeness (QED) is 0.691. The van der Waals surface area contributed by atoms with Crippen molar-refractivity contribution in [2.24, 2.45) is 0 Å². The molecular formula is C8H13NO4S. The molecule has 14 heavy (non-hydrogen) atoms. The maximum Gasteiger partial charge on any atom is 0.394 e. The highest BCUT2D eigenvalue weighted by Crippen LogP contribution is 2.07. The van der Waals surface area contributed by atoms with Gasteiger partial charge in [-0.05, 0) is 12.1 Å². The Bertz CT molecular complexity index is 339. The SMILES string of the molecule is CN(C)c1ccccc1.O=S(=O)(O)O. The van der Waals surface area contributed by atoms with E-state index in [9.17, 15) is 0 Å². The van der Waals surface area contributed by atoms with Crippen LogP contribution >= 0.6 is 0 Å². The molecule has 1 rings (SSSR count). The van der Waals surface area contributed by atoms with Gasteiger partial charge in [0.15, 0.2) is 0 Å². The molecule has 0 spiro atoms. The summed E-state index contributed by atoms with van der Waals surface area (Å²) in [5, 5.41) is 0. The van der Waals surface area contributed by atoms with Gasteiger partial charge in [0, 0.05) is 19.8 Å². The summed E-state index contributed by atoms with van der Waals surface area (Å²) in [6.07, 6.45) is 0. The van der Waals surface area contributed by atoms with Gasteiger partial charge >= 0.3 is 10.4 Å². The largest absolute Gasteiger partial charge is 0.394 e. The van der Waals surface area contributed by atoms with Crippen LogP contribution in [0.15, 0.2) is 30.3 Å². The molecule has 0 unspecified atom stereocenters. The van der Waals surface area contributed by atoms with Crippen molar-refractivity contribution in [3.05, 3.63) is 30.3 Å². The number of rotatable bonds is 1. The Morgan fingerprint density at radius 3 is 1.64 bits per heavy atom. The van der Waals surface area contributed by atoms with Gasteiger partial charge in [-0.1, -0.05) is 18.2 Å². The van der Waals surface area contributed by atoms with Gasteiger partial charge in [-0.25, -0.2) is 0 Å². The molecule has 0 aliphatic carbocycles. The van der Waals surface area contributed by atoms with Crippen LogP contribution in [0.25, 0.3) is 0 Å². The molecule has 80 valence electrons.